The van der Waals surface area contributed by atoms with Crippen molar-refractivity contribution in [1.82, 2.24) is 15.5 Å². The van der Waals surface area contributed by atoms with Gasteiger partial charge in [0.05, 0.1) is 11.1 Å². The van der Waals surface area contributed by atoms with Gasteiger partial charge in [0.2, 0.25) is 0 Å². The second-order valence-corrected chi connectivity index (χ2v) is 8.05. The first-order valence-corrected chi connectivity index (χ1v) is 10.7. The van der Waals surface area contributed by atoms with Crippen LogP contribution in [-0.2, 0) is 6.42 Å². The second-order valence-electron chi connectivity index (χ2n) is 8.05. The van der Waals surface area contributed by atoms with Crippen LogP contribution < -0.4 is 15.8 Å². The first kappa shape index (κ1) is 20.1. The molecule has 0 aliphatic carbocycles. The highest BCUT2D eigenvalue weighted by atomic mass is 16.2. The molecule has 0 unspecified atom stereocenters. The molecule has 156 valence electrons. The van der Waals surface area contributed by atoms with Gasteiger partial charge in [0.1, 0.15) is 0 Å². The Morgan fingerprint density at radius 1 is 1.13 bits per heavy atom. The molecule has 2 N–H and O–H groups in total. The van der Waals surface area contributed by atoms with Crippen molar-refractivity contribution in [3.63, 3.8) is 0 Å². The molecule has 2 heterocycles. The van der Waals surface area contributed by atoms with Gasteiger partial charge in [0, 0.05) is 29.6 Å². The van der Waals surface area contributed by atoms with Gasteiger partial charge < -0.3 is 5.32 Å². The molecule has 3 aromatic rings. The molecule has 2 atom stereocenters. The Kier molecular flexibility index (Phi) is 5.84. The predicted molar refractivity (Wildman–Crippen MR) is 120 cm³/mol. The highest BCUT2D eigenvalue weighted by molar-refractivity contribution is 5.94. The second kappa shape index (κ2) is 8.69. The summed E-state index contributed by atoms with van der Waals surface area (Å²) in [5.41, 5.74) is 2.98. The Bertz CT molecular complexity index is 1110. The van der Waals surface area contributed by atoms with Gasteiger partial charge in [-0.3, -0.25) is 9.69 Å². The summed E-state index contributed by atoms with van der Waals surface area (Å²) in [7, 11) is 0. The lowest BCUT2D eigenvalue weighted by Gasteiger charge is -2.24. The van der Waals surface area contributed by atoms with Crippen LogP contribution in [0.2, 0.25) is 0 Å². The third-order valence-electron chi connectivity index (χ3n) is 6.09. The molecule has 0 fully saturated rings. The summed E-state index contributed by atoms with van der Waals surface area (Å²) in [4.78, 5) is 26.7. The molecular formula is C24H28N4O2. The zero-order valence-corrected chi connectivity index (χ0v) is 17.5. The van der Waals surface area contributed by atoms with Gasteiger partial charge in [-0.05, 0) is 43.4 Å². The minimum atomic E-state index is -0.161. The number of nitrogens with zero attached hydrogens (tertiary/aromatic N) is 2. The van der Waals surface area contributed by atoms with E-state index in [0.717, 1.165) is 49.0 Å². The quantitative estimate of drug-likeness (QED) is 0.641. The molecule has 1 aromatic heterocycles. The Labute approximate surface area is 176 Å². The van der Waals surface area contributed by atoms with Crippen molar-refractivity contribution in [2.75, 3.05) is 11.4 Å². The van der Waals surface area contributed by atoms with Crippen molar-refractivity contribution >= 4 is 22.5 Å². The van der Waals surface area contributed by atoms with Crippen LogP contribution >= 0.6 is 0 Å². The van der Waals surface area contributed by atoms with Crippen LogP contribution in [0, 0.1) is 0 Å². The molecule has 1 aliphatic rings. The van der Waals surface area contributed by atoms with Crippen LogP contribution in [0.4, 0.5) is 10.5 Å². The predicted octanol–water partition coefficient (Wildman–Crippen LogP) is 4.36. The molecular weight excluding hydrogens is 376 g/mol. The van der Waals surface area contributed by atoms with Crippen LogP contribution in [-0.4, -0.2) is 28.8 Å². The highest BCUT2D eigenvalue weighted by Crippen LogP contribution is 2.28. The van der Waals surface area contributed by atoms with Crippen molar-refractivity contribution < 1.29 is 4.79 Å². The van der Waals surface area contributed by atoms with E-state index in [2.05, 4.69) is 35.4 Å². The Hall–Kier alpha value is -3.15. The number of nitrogens with one attached hydrogen (secondary N) is 2. The lowest BCUT2D eigenvalue weighted by atomic mass is 9.94. The molecule has 0 saturated carbocycles. The SMILES string of the molecule is CC[C@@H](CC[C@H](C)c1n[nH]c(=O)c2ccccc12)NC(=O)N1CCc2ccccc21. The van der Waals surface area contributed by atoms with Crippen LogP contribution in [0.5, 0.6) is 0 Å². The fraction of sp³-hybridized carbons (Fsp3) is 0.375. The Morgan fingerprint density at radius 2 is 1.87 bits per heavy atom. The molecule has 0 radical (unpaired) electrons. The largest absolute Gasteiger partial charge is 0.335 e. The monoisotopic (exact) mass is 404 g/mol. The molecule has 0 saturated heterocycles. The van der Waals surface area contributed by atoms with Gasteiger partial charge in [-0.15, -0.1) is 0 Å². The van der Waals surface area contributed by atoms with Gasteiger partial charge >= 0.3 is 6.03 Å². The summed E-state index contributed by atoms with van der Waals surface area (Å²) < 4.78 is 0. The van der Waals surface area contributed by atoms with E-state index in [4.69, 9.17) is 0 Å². The summed E-state index contributed by atoms with van der Waals surface area (Å²) in [6.45, 7) is 4.95. The number of urea groups is 1. The molecule has 1 aliphatic heterocycles. The van der Waals surface area contributed by atoms with Crippen molar-refractivity contribution in [3.05, 3.63) is 70.1 Å². The van der Waals surface area contributed by atoms with E-state index >= 15 is 0 Å². The fourth-order valence-corrected chi connectivity index (χ4v) is 4.28. The van der Waals surface area contributed by atoms with E-state index in [-0.39, 0.29) is 23.6 Å². The zero-order valence-electron chi connectivity index (χ0n) is 17.5. The molecule has 30 heavy (non-hydrogen) atoms. The van der Waals surface area contributed by atoms with Gasteiger partial charge in [0.25, 0.3) is 5.56 Å². The number of amides is 2. The molecule has 6 nitrogen and oxygen atoms in total. The standard InChI is InChI=1S/C24H28N4O2/c1-3-18(25-24(30)28-15-14-17-8-4-7-11-21(17)28)13-12-16(2)22-19-9-5-6-10-20(19)23(29)27-26-22/h4-11,16,18H,3,12-15H2,1-2H3,(H,25,30)(H,27,29)/t16-,18-/m0/s1. The minimum absolute atomic E-state index is 0.0212. The molecule has 2 aromatic carbocycles. The van der Waals surface area contributed by atoms with Crippen LogP contribution in [0.3, 0.4) is 0 Å². The normalized spacial score (nSPS) is 15.1. The maximum Gasteiger partial charge on any atom is 0.322 e. The number of rotatable bonds is 6. The van der Waals surface area contributed by atoms with Gasteiger partial charge in [-0.25, -0.2) is 9.89 Å². The number of carbonyl (C=O) groups excluding carboxylic acids is 1. The van der Waals surface area contributed by atoms with Crippen LogP contribution in [0.25, 0.3) is 10.8 Å². The Balaban J connectivity index is 1.41. The number of aromatic nitrogens is 2. The van der Waals surface area contributed by atoms with Crippen molar-refractivity contribution in [2.24, 2.45) is 0 Å². The number of hydrogen-bond donors (Lipinski definition) is 2. The molecule has 6 heteroatoms. The Morgan fingerprint density at radius 3 is 2.67 bits per heavy atom. The van der Waals surface area contributed by atoms with Gasteiger partial charge in [-0.2, -0.15) is 5.10 Å². The summed E-state index contributed by atoms with van der Waals surface area (Å²) in [5.74, 6) is 0.171. The third-order valence-corrected chi connectivity index (χ3v) is 6.09. The first-order chi connectivity index (χ1) is 14.6. The van der Waals surface area contributed by atoms with E-state index in [1.807, 2.05) is 47.4 Å². The van der Waals surface area contributed by atoms with Gasteiger partial charge in [0.15, 0.2) is 0 Å². The van der Waals surface area contributed by atoms with E-state index in [9.17, 15) is 9.59 Å². The average molecular weight is 405 g/mol. The smallest absolute Gasteiger partial charge is 0.322 e. The molecule has 2 amide bonds. The van der Waals surface area contributed by atoms with Crippen LogP contribution in [0.15, 0.2) is 53.3 Å². The number of carbonyl (C=O) groups is 1. The van der Waals surface area contributed by atoms with Crippen LogP contribution in [0.1, 0.15) is 50.3 Å². The number of H-pyrrole nitrogens is 1. The summed E-state index contributed by atoms with van der Waals surface area (Å²) >= 11 is 0. The third kappa shape index (κ3) is 3.95. The average Bonchev–Trinajstić information content (AvgIpc) is 3.21. The number of para-hydroxylation sites is 1. The maximum absolute atomic E-state index is 12.9. The summed E-state index contributed by atoms with van der Waals surface area (Å²) in [5, 5.41) is 11.7. The topological polar surface area (TPSA) is 78.1 Å². The lowest BCUT2D eigenvalue weighted by molar-refractivity contribution is 0.241. The fourth-order valence-electron chi connectivity index (χ4n) is 4.28. The number of anilines is 1. The lowest BCUT2D eigenvalue weighted by Crippen LogP contribution is -2.44. The number of benzene rings is 2. The summed E-state index contributed by atoms with van der Waals surface area (Å²) in [6.07, 6.45) is 3.50. The van der Waals surface area contributed by atoms with Gasteiger partial charge in [-0.1, -0.05) is 50.2 Å². The maximum atomic E-state index is 12.9. The number of aromatic amines is 1. The first-order valence-electron chi connectivity index (χ1n) is 10.7. The van der Waals surface area contributed by atoms with E-state index in [1.54, 1.807) is 0 Å². The number of fused-ring (bicyclic) bond motifs is 2. The molecule has 0 spiro atoms. The molecule has 4 rings (SSSR count). The van der Waals surface area contributed by atoms with Crippen molar-refractivity contribution in [2.45, 2.75) is 51.5 Å². The van der Waals surface area contributed by atoms with E-state index in [0.29, 0.717) is 5.39 Å². The van der Waals surface area contributed by atoms with Crippen molar-refractivity contribution in [3.8, 4) is 0 Å². The van der Waals surface area contributed by atoms with Crippen molar-refractivity contribution in [1.29, 1.82) is 0 Å². The molecule has 0 bridgehead atoms. The van der Waals surface area contributed by atoms with E-state index in [1.165, 1.54) is 5.56 Å². The number of hydrogen-bond acceptors (Lipinski definition) is 3. The summed E-state index contributed by atoms with van der Waals surface area (Å²) in [6, 6.07) is 15.8. The minimum Gasteiger partial charge on any atom is -0.335 e. The van der Waals surface area contributed by atoms with E-state index < -0.39 is 0 Å². The highest BCUT2D eigenvalue weighted by Gasteiger charge is 2.25. The zero-order chi connectivity index (χ0) is 21.1.